The number of aliphatic imine (C=N–C) groups is 1. The Morgan fingerprint density at radius 1 is 1.17 bits per heavy atom. The lowest BCUT2D eigenvalue weighted by Gasteiger charge is -2.18. The molecule has 0 bridgehead atoms. The molecule has 0 aliphatic carbocycles. The van der Waals surface area contributed by atoms with E-state index in [0.29, 0.717) is 6.54 Å². The van der Waals surface area contributed by atoms with Gasteiger partial charge < -0.3 is 10.6 Å². The lowest BCUT2D eigenvalue weighted by atomic mass is 10.1. The number of pyridine rings is 1. The van der Waals surface area contributed by atoms with E-state index in [1.807, 2.05) is 53.6 Å². The second-order valence-electron chi connectivity index (χ2n) is 6.75. The van der Waals surface area contributed by atoms with Crippen molar-refractivity contribution in [2.45, 2.75) is 26.3 Å². The lowest BCUT2D eigenvalue weighted by Crippen LogP contribution is -2.38. The van der Waals surface area contributed by atoms with Gasteiger partial charge in [0.05, 0.1) is 12.6 Å². The molecule has 1 unspecified atom stereocenters. The van der Waals surface area contributed by atoms with Gasteiger partial charge in [0.15, 0.2) is 5.96 Å². The standard InChI is InChI=1S/C22H27ClN6.HI/c1-3-25-22(26-13-10-18-9-12-24-15-17(18)2)27-16-21(29-14-4-11-28-29)19-5-7-20(23)8-6-19;/h4-9,11-12,14-15,21H,3,10,13,16H2,1-2H3,(H2,25,26,27);1H. The van der Waals surface area contributed by atoms with Crippen molar-refractivity contribution in [1.29, 1.82) is 0 Å². The van der Waals surface area contributed by atoms with Crippen molar-refractivity contribution in [3.05, 3.63) is 82.9 Å². The van der Waals surface area contributed by atoms with Crippen LogP contribution in [0.1, 0.15) is 29.7 Å². The van der Waals surface area contributed by atoms with Crippen LogP contribution in [-0.4, -0.2) is 40.4 Å². The maximum Gasteiger partial charge on any atom is 0.191 e. The Morgan fingerprint density at radius 2 is 1.97 bits per heavy atom. The van der Waals surface area contributed by atoms with E-state index >= 15 is 0 Å². The van der Waals surface area contributed by atoms with E-state index in [2.05, 4.69) is 40.6 Å². The molecule has 0 saturated heterocycles. The third-order valence-electron chi connectivity index (χ3n) is 4.69. The van der Waals surface area contributed by atoms with E-state index in [-0.39, 0.29) is 30.0 Å². The molecule has 160 valence electrons. The van der Waals surface area contributed by atoms with Crippen molar-refractivity contribution in [1.82, 2.24) is 25.4 Å². The van der Waals surface area contributed by atoms with Gasteiger partial charge in [-0.25, -0.2) is 0 Å². The number of nitrogens with one attached hydrogen (secondary N) is 2. The summed E-state index contributed by atoms with van der Waals surface area (Å²) in [5.41, 5.74) is 3.61. The number of aryl methyl sites for hydroxylation is 1. The second-order valence-corrected chi connectivity index (χ2v) is 7.19. The maximum atomic E-state index is 6.05. The van der Waals surface area contributed by atoms with Gasteiger partial charge in [-0.05, 0) is 61.2 Å². The molecular weight excluding hydrogens is 511 g/mol. The average Bonchev–Trinajstić information content (AvgIpc) is 3.25. The Hall–Kier alpha value is -2.13. The van der Waals surface area contributed by atoms with Crippen molar-refractivity contribution in [3.8, 4) is 0 Å². The van der Waals surface area contributed by atoms with Crippen LogP contribution in [0.3, 0.4) is 0 Å². The summed E-state index contributed by atoms with van der Waals surface area (Å²) in [4.78, 5) is 8.96. The van der Waals surface area contributed by atoms with Crippen LogP contribution in [-0.2, 0) is 6.42 Å². The van der Waals surface area contributed by atoms with Gasteiger partial charge in [-0.15, -0.1) is 24.0 Å². The minimum atomic E-state index is 0. The Labute approximate surface area is 200 Å². The zero-order chi connectivity index (χ0) is 20.5. The van der Waals surface area contributed by atoms with Crippen LogP contribution in [0, 0.1) is 6.92 Å². The summed E-state index contributed by atoms with van der Waals surface area (Å²) in [6, 6.07) is 11.8. The highest BCUT2D eigenvalue weighted by Crippen LogP contribution is 2.20. The van der Waals surface area contributed by atoms with Gasteiger partial charge in [0.2, 0.25) is 0 Å². The molecule has 3 rings (SSSR count). The van der Waals surface area contributed by atoms with E-state index in [1.165, 1.54) is 11.1 Å². The van der Waals surface area contributed by atoms with Crippen LogP contribution < -0.4 is 10.6 Å². The molecule has 30 heavy (non-hydrogen) atoms. The average molecular weight is 539 g/mol. The fourth-order valence-electron chi connectivity index (χ4n) is 3.11. The molecule has 1 atom stereocenters. The first-order valence-electron chi connectivity index (χ1n) is 9.83. The summed E-state index contributed by atoms with van der Waals surface area (Å²) in [5.74, 6) is 0.797. The SMILES string of the molecule is CCNC(=NCC(c1ccc(Cl)cc1)n1cccn1)NCCc1ccncc1C.I. The topological polar surface area (TPSA) is 67.1 Å². The third kappa shape index (κ3) is 6.98. The highest BCUT2D eigenvalue weighted by Gasteiger charge is 2.14. The van der Waals surface area contributed by atoms with E-state index in [0.717, 1.165) is 36.1 Å². The number of hydrogen-bond acceptors (Lipinski definition) is 3. The van der Waals surface area contributed by atoms with Crippen molar-refractivity contribution in [2.24, 2.45) is 4.99 Å². The van der Waals surface area contributed by atoms with Crippen molar-refractivity contribution < 1.29 is 0 Å². The number of guanidine groups is 1. The van der Waals surface area contributed by atoms with Crippen molar-refractivity contribution in [2.75, 3.05) is 19.6 Å². The number of benzene rings is 1. The normalized spacial score (nSPS) is 12.2. The zero-order valence-corrected chi connectivity index (χ0v) is 20.3. The molecule has 2 N–H and O–H groups in total. The first-order valence-corrected chi connectivity index (χ1v) is 10.2. The second kappa shape index (κ2) is 12.5. The minimum Gasteiger partial charge on any atom is -0.357 e. The Balaban J connectivity index is 0.00000320. The number of halogens is 2. The first-order chi connectivity index (χ1) is 14.2. The molecule has 0 radical (unpaired) electrons. The highest BCUT2D eigenvalue weighted by atomic mass is 127. The molecule has 6 nitrogen and oxygen atoms in total. The van der Waals surface area contributed by atoms with Crippen molar-refractivity contribution in [3.63, 3.8) is 0 Å². The highest BCUT2D eigenvalue weighted by molar-refractivity contribution is 14.0. The first kappa shape index (κ1) is 24.1. The van der Waals surface area contributed by atoms with Gasteiger partial charge in [0.25, 0.3) is 0 Å². The van der Waals surface area contributed by atoms with Crippen LogP contribution in [0.25, 0.3) is 0 Å². The van der Waals surface area contributed by atoms with Gasteiger partial charge in [0, 0.05) is 42.9 Å². The molecule has 8 heteroatoms. The molecular formula is C22H28ClIN6. The molecule has 0 saturated carbocycles. The molecule has 1 aromatic carbocycles. The van der Waals surface area contributed by atoms with Crippen LogP contribution in [0.2, 0.25) is 5.02 Å². The molecule has 2 heterocycles. The predicted octanol–water partition coefficient (Wildman–Crippen LogP) is 4.25. The quantitative estimate of drug-likeness (QED) is 0.256. The molecule has 0 amide bonds. The molecule has 0 fully saturated rings. The summed E-state index contributed by atoms with van der Waals surface area (Å²) in [6.45, 7) is 6.31. The van der Waals surface area contributed by atoms with Gasteiger partial charge in [-0.2, -0.15) is 5.10 Å². The number of hydrogen-bond donors (Lipinski definition) is 2. The van der Waals surface area contributed by atoms with E-state index in [4.69, 9.17) is 16.6 Å². The van der Waals surface area contributed by atoms with Gasteiger partial charge in [-0.3, -0.25) is 14.7 Å². The third-order valence-corrected chi connectivity index (χ3v) is 4.94. The van der Waals surface area contributed by atoms with Crippen LogP contribution in [0.5, 0.6) is 0 Å². The molecule has 0 spiro atoms. The lowest BCUT2D eigenvalue weighted by molar-refractivity contribution is 0.531. The maximum absolute atomic E-state index is 6.05. The smallest absolute Gasteiger partial charge is 0.191 e. The fraction of sp³-hybridized carbons (Fsp3) is 0.318. The Bertz CT molecular complexity index is 912. The zero-order valence-electron chi connectivity index (χ0n) is 17.3. The van der Waals surface area contributed by atoms with Gasteiger partial charge in [-0.1, -0.05) is 23.7 Å². The summed E-state index contributed by atoms with van der Waals surface area (Å²) < 4.78 is 1.93. The predicted molar refractivity (Wildman–Crippen MR) is 134 cm³/mol. The monoisotopic (exact) mass is 538 g/mol. The van der Waals surface area contributed by atoms with Gasteiger partial charge in [0.1, 0.15) is 0 Å². The number of nitrogens with zero attached hydrogens (tertiary/aromatic N) is 4. The molecule has 0 aliphatic rings. The molecule has 2 aromatic heterocycles. The fourth-order valence-corrected chi connectivity index (χ4v) is 3.24. The largest absolute Gasteiger partial charge is 0.357 e. The summed E-state index contributed by atoms with van der Waals surface area (Å²) >= 11 is 6.05. The molecule has 3 aromatic rings. The summed E-state index contributed by atoms with van der Waals surface area (Å²) in [7, 11) is 0. The van der Waals surface area contributed by atoms with Crippen LogP contribution in [0.15, 0.2) is 66.2 Å². The van der Waals surface area contributed by atoms with Crippen LogP contribution >= 0.6 is 35.6 Å². The van der Waals surface area contributed by atoms with E-state index in [1.54, 1.807) is 6.20 Å². The van der Waals surface area contributed by atoms with Crippen LogP contribution in [0.4, 0.5) is 0 Å². The van der Waals surface area contributed by atoms with E-state index in [9.17, 15) is 0 Å². The molecule has 0 aliphatic heterocycles. The number of aromatic nitrogens is 3. The van der Waals surface area contributed by atoms with E-state index < -0.39 is 0 Å². The summed E-state index contributed by atoms with van der Waals surface area (Å²) in [5, 5.41) is 11.9. The van der Waals surface area contributed by atoms with Gasteiger partial charge >= 0.3 is 0 Å². The van der Waals surface area contributed by atoms with Crippen molar-refractivity contribution >= 4 is 41.5 Å². The Kier molecular flexibility index (Phi) is 10.1. The number of rotatable bonds is 8. The Morgan fingerprint density at radius 3 is 2.63 bits per heavy atom. The minimum absolute atomic E-state index is 0. The summed E-state index contributed by atoms with van der Waals surface area (Å²) in [6.07, 6.45) is 8.39.